The van der Waals surface area contributed by atoms with Crippen LogP contribution in [0, 0.1) is 12.7 Å². The molecule has 4 nitrogen and oxygen atoms in total. The number of aromatic nitrogens is 1. The first-order chi connectivity index (χ1) is 11.5. The zero-order valence-electron chi connectivity index (χ0n) is 13.4. The number of thiazole rings is 1. The van der Waals surface area contributed by atoms with Crippen molar-refractivity contribution in [2.24, 2.45) is 0 Å². The Morgan fingerprint density at radius 2 is 2.21 bits per heavy atom. The van der Waals surface area contributed by atoms with Gasteiger partial charge in [-0.2, -0.15) is 0 Å². The maximum Gasteiger partial charge on any atom is 0.226 e. The number of furan rings is 1. The van der Waals surface area contributed by atoms with Gasteiger partial charge in [0.2, 0.25) is 5.91 Å². The van der Waals surface area contributed by atoms with Crippen LogP contribution in [0.5, 0.6) is 0 Å². The van der Waals surface area contributed by atoms with Gasteiger partial charge < -0.3 is 9.73 Å². The summed E-state index contributed by atoms with van der Waals surface area (Å²) in [6.07, 6.45) is 0.176. The first kappa shape index (κ1) is 16.4. The van der Waals surface area contributed by atoms with Gasteiger partial charge in [-0.25, -0.2) is 9.37 Å². The smallest absolute Gasteiger partial charge is 0.226 e. The van der Waals surface area contributed by atoms with Gasteiger partial charge in [0, 0.05) is 10.9 Å². The number of carbonyl (C=O) groups excluding carboxylic acids is 1. The standard InChI is InChI=1S/C18H17FN2O2S/c1-11-6-7-16(23-11)12(2)20-17(22)9-15-10-24-18(21-15)13-4-3-5-14(19)8-13/h3-8,10,12H,9H2,1-2H3,(H,20,22). The van der Waals surface area contributed by atoms with Crippen LogP contribution in [-0.2, 0) is 11.2 Å². The molecule has 0 aliphatic carbocycles. The minimum Gasteiger partial charge on any atom is -0.464 e. The summed E-state index contributed by atoms with van der Waals surface area (Å²) < 4.78 is 18.8. The summed E-state index contributed by atoms with van der Waals surface area (Å²) in [4.78, 5) is 16.6. The summed E-state index contributed by atoms with van der Waals surface area (Å²) >= 11 is 1.40. The van der Waals surface area contributed by atoms with E-state index in [9.17, 15) is 9.18 Å². The fourth-order valence-corrected chi connectivity index (χ4v) is 3.17. The fourth-order valence-electron chi connectivity index (χ4n) is 2.36. The molecule has 0 radical (unpaired) electrons. The second-order valence-electron chi connectivity index (χ2n) is 5.57. The van der Waals surface area contributed by atoms with Gasteiger partial charge in [0.25, 0.3) is 0 Å². The molecule has 1 atom stereocenters. The van der Waals surface area contributed by atoms with Gasteiger partial charge in [0.05, 0.1) is 18.2 Å². The minimum atomic E-state index is -0.301. The van der Waals surface area contributed by atoms with Gasteiger partial charge in [-0.1, -0.05) is 12.1 Å². The van der Waals surface area contributed by atoms with Crippen LogP contribution in [0.4, 0.5) is 4.39 Å². The first-order valence-electron chi connectivity index (χ1n) is 7.57. The molecule has 1 amide bonds. The van der Waals surface area contributed by atoms with E-state index in [1.807, 2.05) is 31.4 Å². The number of halogens is 1. The maximum atomic E-state index is 13.3. The third-order valence-corrected chi connectivity index (χ3v) is 4.47. The molecule has 1 N–H and O–H groups in total. The summed E-state index contributed by atoms with van der Waals surface area (Å²) in [6, 6.07) is 9.79. The van der Waals surface area contributed by atoms with Gasteiger partial charge in [0.1, 0.15) is 22.3 Å². The topological polar surface area (TPSA) is 55.1 Å². The summed E-state index contributed by atoms with van der Waals surface area (Å²) in [5, 5.41) is 5.41. The Hall–Kier alpha value is -2.47. The van der Waals surface area contributed by atoms with Crippen molar-refractivity contribution in [2.75, 3.05) is 0 Å². The van der Waals surface area contributed by atoms with E-state index >= 15 is 0 Å². The predicted molar refractivity (Wildman–Crippen MR) is 91.2 cm³/mol. The molecule has 2 heterocycles. The average Bonchev–Trinajstić information content (AvgIpc) is 3.16. The van der Waals surface area contributed by atoms with Gasteiger partial charge in [0.15, 0.2) is 0 Å². The molecule has 0 aliphatic heterocycles. The summed E-state index contributed by atoms with van der Waals surface area (Å²) in [7, 11) is 0. The third kappa shape index (κ3) is 3.89. The molecule has 1 aromatic carbocycles. The molecule has 6 heteroatoms. The van der Waals surface area contributed by atoms with Gasteiger partial charge in [-0.15, -0.1) is 11.3 Å². The number of benzene rings is 1. The predicted octanol–water partition coefficient (Wildman–Crippen LogP) is 4.27. The minimum absolute atomic E-state index is 0.132. The number of amides is 1. The second-order valence-corrected chi connectivity index (χ2v) is 6.43. The van der Waals surface area contributed by atoms with E-state index in [1.54, 1.807) is 12.1 Å². The van der Waals surface area contributed by atoms with E-state index in [0.717, 1.165) is 11.5 Å². The first-order valence-corrected chi connectivity index (χ1v) is 8.45. The second kappa shape index (κ2) is 6.97. The van der Waals surface area contributed by atoms with Crippen molar-refractivity contribution in [3.63, 3.8) is 0 Å². The van der Waals surface area contributed by atoms with Crippen LogP contribution in [0.2, 0.25) is 0 Å². The lowest BCUT2D eigenvalue weighted by Gasteiger charge is -2.10. The number of nitrogens with one attached hydrogen (secondary N) is 1. The molecular weight excluding hydrogens is 327 g/mol. The van der Waals surface area contributed by atoms with Gasteiger partial charge in [-0.3, -0.25) is 4.79 Å². The molecule has 0 aliphatic rings. The Labute approximate surface area is 143 Å². The zero-order chi connectivity index (χ0) is 17.1. The number of aryl methyl sites for hydroxylation is 1. The van der Waals surface area contributed by atoms with E-state index < -0.39 is 0 Å². The Bertz CT molecular complexity index is 856. The lowest BCUT2D eigenvalue weighted by atomic mass is 10.2. The largest absolute Gasteiger partial charge is 0.464 e. The highest BCUT2D eigenvalue weighted by Gasteiger charge is 2.14. The maximum absolute atomic E-state index is 13.3. The molecule has 0 fully saturated rings. The van der Waals surface area contributed by atoms with E-state index in [1.165, 1.54) is 23.5 Å². The molecule has 2 aromatic heterocycles. The molecule has 0 saturated carbocycles. The number of rotatable bonds is 5. The van der Waals surface area contributed by atoms with Crippen LogP contribution in [0.3, 0.4) is 0 Å². The summed E-state index contributed by atoms with van der Waals surface area (Å²) in [5.74, 6) is 1.10. The lowest BCUT2D eigenvalue weighted by molar-refractivity contribution is -0.121. The molecule has 124 valence electrons. The van der Waals surface area contributed by atoms with Crippen molar-refractivity contribution < 1.29 is 13.6 Å². The highest BCUT2D eigenvalue weighted by atomic mass is 32.1. The van der Waals surface area contributed by atoms with Crippen LogP contribution < -0.4 is 5.32 Å². The van der Waals surface area contributed by atoms with Crippen molar-refractivity contribution in [1.82, 2.24) is 10.3 Å². The van der Waals surface area contributed by atoms with Crippen molar-refractivity contribution >= 4 is 17.2 Å². The normalized spacial score (nSPS) is 12.1. The SMILES string of the molecule is Cc1ccc(C(C)NC(=O)Cc2csc(-c3cccc(F)c3)n2)o1. The fraction of sp³-hybridized carbons (Fsp3) is 0.222. The van der Waals surface area contributed by atoms with Crippen molar-refractivity contribution in [1.29, 1.82) is 0 Å². The monoisotopic (exact) mass is 344 g/mol. The van der Waals surface area contributed by atoms with Crippen LogP contribution in [0.15, 0.2) is 46.2 Å². The van der Waals surface area contributed by atoms with Crippen LogP contribution in [0.1, 0.15) is 30.2 Å². The number of carbonyl (C=O) groups is 1. The zero-order valence-corrected chi connectivity index (χ0v) is 14.2. The summed E-state index contributed by atoms with van der Waals surface area (Å²) in [6.45, 7) is 3.73. The lowest BCUT2D eigenvalue weighted by Crippen LogP contribution is -2.27. The van der Waals surface area contributed by atoms with Crippen LogP contribution in [0.25, 0.3) is 10.6 Å². The molecule has 3 rings (SSSR count). The van der Waals surface area contributed by atoms with E-state index in [4.69, 9.17) is 4.42 Å². The van der Waals surface area contributed by atoms with E-state index in [0.29, 0.717) is 16.3 Å². The number of hydrogen-bond donors (Lipinski definition) is 1. The molecule has 0 spiro atoms. The number of hydrogen-bond acceptors (Lipinski definition) is 4. The number of nitrogens with zero attached hydrogens (tertiary/aromatic N) is 1. The van der Waals surface area contributed by atoms with E-state index in [-0.39, 0.29) is 24.2 Å². The Balaban J connectivity index is 1.63. The molecule has 3 aromatic rings. The van der Waals surface area contributed by atoms with Gasteiger partial charge in [-0.05, 0) is 38.1 Å². The van der Waals surface area contributed by atoms with Crippen molar-refractivity contribution in [3.8, 4) is 10.6 Å². The quantitative estimate of drug-likeness (QED) is 0.752. The Morgan fingerprint density at radius 3 is 2.92 bits per heavy atom. The van der Waals surface area contributed by atoms with Gasteiger partial charge >= 0.3 is 0 Å². The van der Waals surface area contributed by atoms with Crippen molar-refractivity contribution in [3.05, 3.63) is 64.8 Å². The van der Waals surface area contributed by atoms with Crippen LogP contribution >= 0.6 is 11.3 Å². The molecule has 1 unspecified atom stereocenters. The average molecular weight is 344 g/mol. The third-order valence-electron chi connectivity index (χ3n) is 3.53. The molecular formula is C18H17FN2O2S. The van der Waals surface area contributed by atoms with Crippen molar-refractivity contribution in [2.45, 2.75) is 26.3 Å². The Morgan fingerprint density at radius 1 is 1.38 bits per heavy atom. The highest BCUT2D eigenvalue weighted by Crippen LogP contribution is 2.24. The molecule has 24 heavy (non-hydrogen) atoms. The van der Waals surface area contributed by atoms with Crippen LogP contribution in [-0.4, -0.2) is 10.9 Å². The van der Waals surface area contributed by atoms with E-state index in [2.05, 4.69) is 10.3 Å². The molecule has 0 saturated heterocycles. The Kier molecular flexibility index (Phi) is 4.76. The summed E-state index contributed by atoms with van der Waals surface area (Å²) in [5.41, 5.74) is 1.38. The highest BCUT2D eigenvalue weighted by molar-refractivity contribution is 7.13. The molecule has 0 bridgehead atoms.